The van der Waals surface area contributed by atoms with Crippen LogP contribution in [0.15, 0.2) is 18.3 Å². The number of rotatable bonds is 3. The Bertz CT molecular complexity index is 450. The van der Waals surface area contributed by atoms with E-state index in [-0.39, 0.29) is 12.2 Å². The smallest absolute Gasteiger partial charge is 0.171 e. The highest BCUT2D eigenvalue weighted by Gasteiger charge is 2.42. The van der Waals surface area contributed by atoms with Crippen LogP contribution in [0.3, 0.4) is 0 Å². The monoisotopic (exact) mass is 262 g/mol. The van der Waals surface area contributed by atoms with Crippen molar-refractivity contribution >= 4 is 5.82 Å². The molecule has 0 spiro atoms. The first-order chi connectivity index (χ1) is 9.15. The SMILES string of the molecule is CC(C)Oc1cccnc1N1CC2CCC(O)C2C1. The van der Waals surface area contributed by atoms with Crippen LogP contribution < -0.4 is 9.64 Å². The number of aliphatic hydroxyl groups excluding tert-OH is 1. The zero-order chi connectivity index (χ0) is 13.4. The van der Waals surface area contributed by atoms with Crippen LogP contribution in [0.5, 0.6) is 5.75 Å². The van der Waals surface area contributed by atoms with Crippen molar-refractivity contribution in [3.8, 4) is 5.75 Å². The largest absolute Gasteiger partial charge is 0.487 e. The van der Waals surface area contributed by atoms with Gasteiger partial charge < -0.3 is 14.7 Å². The fourth-order valence-electron chi connectivity index (χ4n) is 3.38. The van der Waals surface area contributed by atoms with E-state index in [2.05, 4.69) is 9.88 Å². The number of hydrogen-bond donors (Lipinski definition) is 1. The fourth-order valence-corrected chi connectivity index (χ4v) is 3.38. The third-order valence-corrected chi connectivity index (χ3v) is 4.23. The quantitative estimate of drug-likeness (QED) is 0.906. The highest BCUT2D eigenvalue weighted by atomic mass is 16.5. The molecule has 1 aliphatic carbocycles. The molecule has 2 heterocycles. The third-order valence-electron chi connectivity index (χ3n) is 4.23. The first-order valence-corrected chi connectivity index (χ1v) is 7.20. The molecule has 0 bridgehead atoms. The van der Waals surface area contributed by atoms with Crippen LogP contribution in [0.25, 0.3) is 0 Å². The van der Waals surface area contributed by atoms with Gasteiger partial charge in [-0.2, -0.15) is 0 Å². The maximum atomic E-state index is 10.0. The zero-order valence-corrected chi connectivity index (χ0v) is 11.6. The van der Waals surface area contributed by atoms with Crippen molar-refractivity contribution < 1.29 is 9.84 Å². The molecule has 3 atom stereocenters. The highest BCUT2D eigenvalue weighted by Crippen LogP contribution is 2.41. The van der Waals surface area contributed by atoms with Crippen molar-refractivity contribution in [1.82, 2.24) is 4.98 Å². The lowest BCUT2D eigenvalue weighted by atomic mass is 10.00. The number of nitrogens with zero attached hydrogens (tertiary/aromatic N) is 2. The van der Waals surface area contributed by atoms with E-state index in [0.29, 0.717) is 11.8 Å². The Morgan fingerprint density at radius 3 is 2.95 bits per heavy atom. The van der Waals surface area contributed by atoms with E-state index in [1.54, 1.807) is 0 Å². The maximum absolute atomic E-state index is 10.0. The molecular formula is C15H22N2O2. The molecule has 3 rings (SSSR count). The third kappa shape index (κ3) is 2.41. The van der Waals surface area contributed by atoms with Gasteiger partial charge in [-0.3, -0.25) is 0 Å². The van der Waals surface area contributed by atoms with Crippen molar-refractivity contribution in [3.05, 3.63) is 18.3 Å². The van der Waals surface area contributed by atoms with Crippen LogP contribution in [-0.2, 0) is 0 Å². The molecule has 3 unspecified atom stereocenters. The molecule has 1 aromatic heterocycles. The molecular weight excluding hydrogens is 240 g/mol. The van der Waals surface area contributed by atoms with Crippen LogP contribution in [0, 0.1) is 11.8 Å². The van der Waals surface area contributed by atoms with Gasteiger partial charge in [-0.05, 0) is 44.7 Å². The van der Waals surface area contributed by atoms with E-state index >= 15 is 0 Å². The number of anilines is 1. The molecule has 4 nitrogen and oxygen atoms in total. The summed E-state index contributed by atoms with van der Waals surface area (Å²) in [6, 6.07) is 3.89. The van der Waals surface area contributed by atoms with Crippen molar-refractivity contribution in [3.63, 3.8) is 0 Å². The topological polar surface area (TPSA) is 45.6 Å². The number of hydrogen-bond acceptors (Lipinski definition) is 4. The van der Waals surface area contributed by atoms with Gasteiger partial charge in [0, 0.05) is 25.2 Å². The van der Waals surface area contributed by atoms with Crippen LogP contribution in [0.1, 0.15) is 26.7 Å². The fraction of sp³-hybridized carbons (Fsp3) is 0.667. The average Bonchev–Trinajstić information content (AvgIpc) is 2.92. The minimum atomic E-state index is -0.131. The summed E-state index contributed by atoms with van der Waals surface area (Å²) in [5.41, 5.74) is 0. The van der Waals surface area contributed by atoms with E-state index in [4.69, 9.17) is 4.74 Å². The Kier molecular flexibility index (Phi) is 3.35. The lowest BCUT2D eigenvalue weighted by Gasteiger charge is -2.22. The summed E-state index contributed by atoms with van der Waals surface area (Å²) in [7, 11) is 0. The Morgan fingerprint density at radius 1 is 1.37 bits per heavy atom. The van der Waals surface area contributed by atoms with E-state index in [0.717, 1.165) is 37.5 Å². The lowest BCUT2D eigenvalue weighted by molar-refractivity contribution is 0.133. The first kappa shape index (κ1) is 12.7. The van der Waals surface area contributed by atoms with E-state index in [9.17, 15) is 5.11 Å². The van der Waals surface area contributed by atoms with Gasteiger partial charge in [0.1, 0.15) is 0 Å². The van der Waals surface area contributed by atoms with Crippen LogP contribution in [0.2, 0.25) is 0 Å². The van der Waals surface area contributed by atoms with Gasteiger partial charge in [0.2, 0.25) is 0 Å². The Hall–Kier alpha value is -1.29. The van der Waals surface area contributed by atoms with Crippen LogP contribution >= 0.6 is 0 Å². The summed E-state index contributed by atoms with van der Waals surface area (Å²) in [4.78, 5) is 6.76. The molecule has 0 amide bonds. The second kappa shape index (κ2) is 5.00. The molecule has 0 aromatic carbocycles. The molecule has 4 heteroatoms. The second-order valence-corrected chi connectivity index (χ2v) is 5.97. The molecule has 1 aromatic rings. The van der Waals surface area contributed by atoms with E-state index in [1.807, 2.05) is 32.2 Å². The number of pyridine rings is 1. The van der Waals surface area contributed by atoms with Crippen molar-refractivity contribution in [1.29, 1.82) is 0 Å². The van der Waals surface area contributed by atoms with E-state index in [1.165, 1.54) is 0 Å². The minimum Gasteiger partial charge on any atom is -0.487 e. The molecule has 19 heavy (non-hydrogen) atoms. The Balaban J connectivity index is 1.80. The molecule has 2 fully saturated rings. The number of fused-ring (bicyclic) bond motifs is 1. The van der Waals surface area contributed by atoms with Crippen molar-refractivity contribution in [2.75, 3.05) is 18.0 Å². The molecule has 2 aliphatic rings. The maximum Gasteiger partial charge on any atom is 0.171 e. The summed E-state index contributed by atoms with van der Waals surface area (Å²) >= 11 is 0. The molecule has 1 saturated heterocycles. The van der Waals surface area contributed by atoms with Gasteiger partial charge in [0.15, 0.2) is 11.6 Å². The minimum absolute atomic E-state index is 0.131. The Morgan fingerprint density at radius 2 is 2.21 bits per heavy atom. The normalized spacial score (nSPS) is 29.9. The van der Waals surface area contributed by atoms with Gasteiger partial charge in [-0.1, -0.05) is 0 Å². The second-order valence-electron chi connectivity index (χ2n) is 5.97. The predicted molar refractivity (Wildman–Crippen MR) is 74.4 cm³/mol. The van der Waals surface area contributed by atoms with Crippen LogP contribution in [-0.4, -0.2) is 35.4 Å². The highest BCUT2D eigenvalue weighted by molar-refractivity contribution is 5.53. The van der Waals surface area contributed by atoms with Gasteiger partial charge in [0.05, 0.1) is 12.2 Å². The number of ether oxygens (including phenoxy) is 1. The van der Waals surface area contributed by atoms with Gasteiger partial charge in [-0.25, -0.2) is 4.98 Å². The zero-order valence-electron chi connectivity index (χ0n) is 11.6. The van der Waals surface area contributed by atoms with Crippen LogP contribution in [0.4, 0.5) is 5.82 Å². The first-order valence-electron chi connectivity index (χ1n) is 7.20. The molecule has 1 aliphatic heterocycles. The van der Waals surface area contributed by atoms with Gasteiger partial charge in [-0.15, -0.1) is 0 Å². The molecule has 0 radical (unpaired) electrons. The van der Waals surface area contributed by atoms with Gasteiger partial charge in [0.25, 0.3) is 0 Å². The summed E-state index contributed by atoms with van der Waals surface area (Å²) in [5, 5.41) is 10.0. The molecule has 104 valence electrons. The number of aromatic nitrogens is 1. The summed E-state index contributed by atoms with van der Waals surface area (Å²) in [6.07, 6.45) is 3.92. The average molecular weight is 262 g/mol. The van der Waals surface area contributed by atoms with E-state index < -0.39 is 0 Å². The lowest BCUT2D eigenvalue weighted by Crippen LogP contribution is -2.26. The Labute approximate surface area is 114 Å². The molecule has 1 N–H and O–H groups in total. The summed E-state index contributed by atoms with van der Waals surface area (Å²) in [5.74, 6) is 2.81. The predicted octanol–water partition coefficient (Wildman–Crippen LogP) is 2.08. The number of aliphatic hydroxyl groups is 1. The van der Waals surface area contributed by atoms with Crippen molar-refractivity contribution in [2.24, 2.45) is 11.8 Å². The van der Waals surface area contributed by atoms with Gasteiger partial charge >= 0.3 is 0 Å². The standard InChI is InChI=1S/C15H22N2O2/c1-10(2)19-14-4-3-7-16-15(14)17-8-11-5-6-13(18)12(11)9-17/h3-4,7,10-13,18H,5-6,8-9H2,1-2H3. The molecule has 1 saturated carbocycles. The summed E-state index contributed by atoms with van der Waals surface area (Å²) in [6.45, 7) is 5.95. The summed E-state index contributed by atoms with van der Waals surface area (Å²) < 4.78 is 5.84. The van der Waals surface area contributed by atoms with Crippen molar-refractivity contribution in [2.45, 2.75) is 38.9 Å².